The molecule has 3 aromatic rings. The van der Waals surface area contributed by atoms with Gasteiger partial charge in [-0.15, -0.1) is 0 Å². The first-order valence-corrected chi connectivity index (χ1v) is 8.72. The van der Waals surface area contributed by atoms with Crippen LogP contribution in [-0.2, 0) is 4.79 Å². The highest BCUT2D eigenvalue weighted by molar-refractivity contribution is 6.30. The van der Waals surface area contributed by atoms with Crippen molar-refractivity contribution in [1.29, 1.82) is 0 Å². The van der Waals surface area contributed by atoms with Gasteiger partial charge in [-0.1, -0.05) is 11.6 Å². The maximum absolute atomic E-state index is 12.9. The minimum atomic E-state index is -0.375. The Morgan fingerprint density at radius 3 is 2.04 bits per heavy atom. The van der Waals surface area contributed by atoms with E-state index in [1.165, 1.54) is 24.3 Å². The Kier molecular flexibility index (Phi) is 6.24. The van der Waals surface area contributed by atoms with Crippen molar-refractivity contribution in [2.75, 3.05) is 17.2 Å². The summed E-state index contributed by atoms with van der Waals surface area (Å²) in [6, 6.07) is 18.5. The van der Waals surface area contributed by atoms with E-state index >= 15 is 0 Å². The first-order chi connectivity index (χ1) is 13.5. The molecule has 0 aliphatic heterocycles. The van der Waals surface area contributed by atoms with Gasteiger partial charge in [-0.05, 0) is 72.8 Å². The predicted molar refractivity (Wildman–Crippen MR) is 106 cm³/mol. The Bertz CT molecular complexity index is 958. The zero-order valence-corrected chi connectivity index (χ0v) is 15.4. The summed E-state index contributed by atoms with van der Waals surface area (Å²) in [5.74, 6) is -0.580. The van der Waals surface area contributed by atoms with E-state index < -0.39 is 0 Å². The Labute approximate surface area is 166 Å². The Balaban J connectivity index is 1.50. The molecule has 0 fully saturated rings. The minimum absolute atomic E-state index is 0.177. The molecule has 28 heavy (non-hydrogen) atoms. The van der Waals surface area contributed by atoms with Crippen molar-refractivity contribution >= 4 is 34.8 Å². The van der Waals surface area contributed by atoms with Gasteiger partial charge in [0, 0.05) is 22.0 Å². The molecule has 0 radical (unpaired) electrons. The molecule has 0 saturated heterocycles. The predicted octanol–water partition coefficient (Wildman–Crippen LogP) is 4.75. The maximum atomic E-state index is 12.9. The quantitative estimate of drug-likeness (QED) is 0.629. The molecule has 142 valence electrons. The number of carbonyl (C=O) groups is 2. The molecule has 0 bridgehead atoms. The van der Waals surface area contributed by atoms with Gasteiger partial charge in [0.05, 0.1) is 0 Å². The van der Waals surface area contributed by atoms with Gasteiger partial charge in [-0.2, -0.15) is 0 Å². The summed E-state index contributed by atoms with van der Waals surface area (Å²) in [5.41, 5.74) is 1.51. The fraction of sp³-hybridized carbons (Fsp3) is 0.0476. The lowest BCUT2D eigenvalue weighted by atomic mass is 10.2. The zero-order valence-electron chi connectivity index (χ0n) is 14.6. The summed E-state index contributed by atoms with van der Waals surface area (Å²) in [6.07, 6.45) is 0. The van der Waals surface area contributed by atoms with E-state index in [0.717, 1.165) is 0 Å². The summed E-state index contributed by atoms with van der Waals surface area (Å²) in [6.45, 7) is -0.177. The Hall–Kier alpha value is -3.38. The third-order valence-electron chi connectivity index (χ3n) is 3.72. The normalized spacial score (nSPS) is 10.2. The van der Waals surface area contributed by atoms with Crippen molar-refractivity contribution in [1.82, 2.24) is 0 Å². The number of nitrogens with one attached hydrogen (secondary N) is 2. The average molecular weight is 399 g/mol. The fourth-order valence-corrected chi connectivity index (χ4v) is 2.44. The first kappa shape index (κ1) is 19.4. The molecule has 0 spiro atoms. The van der Waals surface area contributed by atoms with E-state index in [4.69, 9.17) is 16.3 Å². The number of amides is 2. The largest absolute Gasteiger partial charge is 0.484 e. The van der Waals surface area contributed by atoms with Gasteiger partial charge < -0.3 is 15.4 Å². The van der Waals surface area contributed by atoms with Crippen LogP contribution < -0.4 is 15.4 Å². The van der Waals surface area contributed by atoms with Crippen LogP contribution in [0.1, 0.15) is 10.4 Å². The standard InChI is InChI=1S/C21H16ClFN2O3/c22-15-3-7-17(8-4-15)24-20(26)13-28-19-11-1-14(2-12-19)21(27)25-18-9-5-16(23)6-10-18/h1-12H,13H2,(H,24,26)(H,25,27). The first-order valence-electron chi connectivity index (χ1n) is 8.35. The molecule has 0 aromatic heterocycles. The van der Waals surface area contributed by atoms with Crippen LogP contribution >= 0.6 is 11.6 Å². The third-order valence-corrected chi connectivity index (χ3v) is 3.97. The van der Waals surface area contributed by atoms with Crippen molar-refractivity contribution in [2.24, 2.45) is 0 Å². The van der Waals surface area contributed by atoms with E-state index in [0.29, 0.717) is 27.7 Å². The number of rotatable bonds is 6. The molecule has 0 aliphatic rings. The topological polar surface area (TPSA) is 67.4 Å². The van der Waals surface area contributed by atoms with Crippen LogP contribution in [0.3, 0.4) is 0 Å². The minimum Gasteiger partial charge on any atom is -0.484 e. The molecule has 0 saturated carbocycles. The highest BCUT2D eigenvalue weighted by atomic mass is 35.5. The Morgan fingerprint density at radius 1 is 0.821 bits per heavy atom. The van der Waals surface area contributed by atoms with Crippen LogP contribution in [0.25, 0.3) is 0 Å². The van der Waals surface area contributed by atoms with Crippen LogP contribution in [0.5, 0.6) is 5.75 Å². The number of ether oxygens (including phenoxy) is 1. The second-order valence-corrected chi connectivity index (χ2v) is 6.27. The average Bonchev–Trinajstić information content (AvgIpc) is 2.70. The van der Waals surface area contributed by atoms with Crippen LogP contribution in [0.4, 0.5) is 15.8 Å². The van der Waals surface area contributed by atoms with E-state index in [-0.39, 0.29) is 24.2 Å². The molecule has 7 heteroatoms. The molecule has 0 atom stereocenters. The molecular weight excluding hydrogens is 383 g/mol. The van der Waals surface area contributed by atoms with Crippen molar-refractivity contribution in [3.63, 3.8) is 0 Å². The Morgan fingerprint density at radius 2 is 1.39 bits per heavy atom. The lowest BCUT2D eigenvalue weighted by Crippen LogP contribution is -2.20. The lowest BCUT2D eigenvalue weighted by molar-refractivity contribution is -0.118. The van der Waals surface area contributed by atoms with Gasteiger partial charge in [0.15, 0.2) is 6.61 Å². The summed E-state index contributed by atoms with van der Waals surface area (Å²) in [4.78, 5) is 24.1. The molecule has 2 amide bonds. The van der Waals surface area contributed by atoms with Crippen molar-refractivity contribution in [3.8, 4) is 5.75 Å². The fourth-order valence-electron chi connectivity index (χ4n) is 2.32. The zero-order chi connectivity index (χ0) is 19.9. The molecule has 0 aliphatic carbocycles. The van der Waals surface area contributed by atoms with Crippen molar-refractivity contribution in [2.45, 2.75) is 0 Å². The van der Waals surface area contributed by atoms with E-state index in [1.807, 2.05) is 0 Å². The summed E-state index contributed by atoms with van der Waals surface area (Å²) in [5, 5.41) is 5.93. The highest BCUT2D eigenvalue weighted by Crippen LogP contribution is 2.16. The number of hydrogen-bond acceptors (Lipinski definition) is 3. The van der Waals surface area contributed by atoms with Crippen LogP contribution in [0, 0.1) is 5.82 Å². The molecule has 3 aromatic carbocycles. The molecule has 0 unspecified atom stereocenters. The van der Waals surface area contributed by atoms with Gasteiger partial charge in [0.25, 0.3) is 11.8 Å². The van der Waals surface area contributed by atoms with Crippen LogP contribution in [0.15, 0.2) is 72.8 Å². The second kappa shape index (κ2) is 9.01. The number of halogens is 2. The van der Waals surface area contributed by atoms with Gasteiger partial charge in [-0.3, -0.25) is 9.59 Å². The number of carbonyl (C=O) groups excluding carboxylic acids is 2. The SMILES string of the molecule is O=C(COc1ccc(C(=O)Nc2ccc(F)cc2)cc1)Nc1ccc(Cl)cc1. The maximum Gasteiger partial charge on any atom is 0.262 e. The van der Waals surface area contributed by atoms with Gasteiger partial charge in [-0.25, -0.2) is 4.39 Å². The third kappa shape index (κ3) is 5.56. The van der Waals surface area contributed by atoms with Crippen molar-refractivity contribution < 1.29 is 18.7 Å². The van der Waals surface area contributed by atoms with E-state index in [1.54, 1.807) is 48.5 Å². The smallest absolute Gasteiger partial charge is 0.262 e. The number of hydrogen-bond donors (Lipinski definition) is 2. The van der Waals surface area contributed by atoms with Gasteiger partial charge in [0.1, 0.15) is 11.6 Å². The number of anilines is 2. The van der Waals surface area contributed by atoms with Gasteiger partial charge in [0.2, 0.25) is 0 Å². The molecule has 3 rings (SSSR count). The van der Waals surface area contributed by atoms with Gasteiger partial charge >= 0.3 is 0 Å². The highest BCUT2D eigenvalue weighted by Gasteiger charge is 2.08. The van der Waals surface area contributed by atoms with E-state index in [2.05, 4.69) is 10.6 Å². The van der Waals surface area contributed by atoms with E-state index in [9.17, 15) is 14.0 Å². The number of benzene rings is 3. The monoisotopic (exact) mass is 398 g/mol. The van der Waals surface area contributed by atoms with Crippen LogP contribution in [-0.4, -0.2) is 18.4 Å². The molecule has 5 nitrogen and oxygen atoms in total. The summed E-state index contributed by atoms with van der Waals surface area (Å²) in [7, 11) is 0. The lowest BCUT2D eigenvalue weighted by Gasteiger charge is -2.09. The molecular formula is C21H16ClFN2O3. The summed E-state index contributed by atoms with van der Waals surface area (Å²) < 4.78 is 18.3. The second-order valence-electron chi connectivity index (χ2n) is 5.83. The van der Waals surface area contributed by atoms with Crippen LogP contribution in [0.2, 0.25) is 5.02 Å². The molecule has 2 N–H and O–H groups in total. The summed E-state index contributed by atoms with van der Waals surface area (Å²) >= 11 is 5.80. The van der Waals surface area contributed by atoms with Crippen molar-refractivity contribution in [3.05, 3.63) is 89.2 Å². The molecule has 0 heterocycles.